The Morgan fingerprint density at radius 3 is 2.15 bits per heavy atom. The van der Waals surface area contributed by atoms with Crippen LogP contribution < -0.4 is 10.2 Å². The zero-order valence-corrected chi connectivity index (χ0v) is 14.4. The highest BCUT2D eigenvalue weighted by Crippen LogP contribution is 2.29. The van der Waals surface area contributed by atoms with Gasteiger partial charge in [-0.05, 0) is 48.5 Å². The molecule has 0 saturated carbocycles. The summed E-state index contributed by atoms with van der Waals surface area (Å²) in [6.45, 7) is 1.66. The van der Waals surface area contributed by atoms with Crippen molar-refractivity contribution in [3.8, 4) is 6.07 Å². The van der Waals surface area contributed by atoms with E-state index in [1.807, 2.05) is 6.07 Å². The molecule has 0 saturated heterocycles. The van der Waals surface area contributed by atoms with Gasteiger partial charge in [0.25, 0.3) is 5.91 Å². The zero-order chi connectivity index (χ0) is 20.0. The summed E-state index contributed by atoms with van der Waals surface area (Å²) in [6.07, 6.45) is -4.46. The summed E-state index contributed by atoms with van der Waals surface area (Å²) in [5, 5.41) is 11.4. The highest BCUT2D eigenvalue weighted by molar-refractivity contribution is 5.94. The smallest absolute Gasteiger partial charge is 0.350 e. The van der Waals surface area contributed by atoms with E-state index in [4.69, 9.17) is 5.26 Å². The Morgan fingerprint density at radius 1 is 1.07 bits per heavy atom. The molecule has 27 heavy (non-hydrogen) atoms. The number of carbonyl (C=O) groups excluding carboxylic acids is 2. The van der Waals surface area contributed by atoms with Crippen LogP contribution in [0.1, 0.15) is 28.4 Å². The second kappa shape index (κ2) is 8.36. The molecule has 0 aromatic heterocycles. The fraction of sp³-hybridized carbons (Fsp3) is 0.211. The number of nitriles is 1. The van der Waals surface area contributed by atoms with Crippen molar-refractivity contribution in [3.05, 3.63) is 65.2 Å². The van der Waals surface area contributed by atoms with Gasteiger partial charge in [0.1, 0.15) is 0 Å². The maximum absolute atomic E-state index is 12.5. The van der Waals surface area contributed by atoms with E-state index in [1.54, 1.807) is 24.3 Å². The lowest BCUT2D eigenvalue weighted by atomic mass is 10.1. The summed E-state index contributed by atoms with van der Waals surface area (Å²) in [5.74, 6) is -0.782. The molecule has 8 heteroatoms. The fourth-order valence-corrected chi connectivity index (χ4v) is 2.38. The van der Waals surface area contributed by atoms with Gasteiger partial charge in [-0.2, -0.15) is 18.4 Å². The van der Waals surface area contributed by atoms with E-state index in [0.29, 0.717) is 11.3 Å². The largest absolute Gasteiger partial charge is 0.416 e. The van der Waals surface area contributed by atoms with E-state index in [-0.39, 0.29) is 24.6 Å². The van der Waals surface area contributed by atoms with Gasteiger partial charge >= 0.3 is 6.18 Å². The summed E-state index contributed by atoms with van der Waals surface area (Å²) in [6, 6.07) is 12.3. The number of halogens is 3. The first-order valence-corrected chi connectivity index (χ1v) is 7.96. The van der Waals surface area contributed by atoms with Crippen molar-refractivity contribution >= 4 is 17.5 Å². The van der Waals surface area contributed by atoms with Crippen molar-refractivity contribution < 1.29 is 22.8 Å². The third-order valence-corrected chi connectivity index (χ3v) is 3.78. The minimum absolute atomic E-state index is 0.0933. The molecule has 2 rings (SSSR count). The van der Waals surface area contributed by atoms with Crippen LogP contribution in [0.4, 0.5) is 18.9 Å². The zero-order valence-electron chi connectivity index (χ0n) is 14.4. The normalized spacial score (nSPS) is 10.8. The quantitative estimate of drug-likeness (QED) is 0.871. The lowest BCUT2D eigenvalue weighted by Crippen LogP contribution is -2.37. The number of carbonyl (C=O) groups is 2. The van der Waals surface area contributed by atoms with Crippen molar-refractivity contribution in [2.75, 3.05) is 18.0 Å². The molecule has 2 aromatic rings. The highest BCUT2D eigenvalue weighted by atomic mass is 19.4. The molecule has 2 aromatic carbocycles. The molecule has 0 fully saturated rings. The van der Waals surface area contributed by atoms with Gasteiger partial charge in [-0.1, -0.05) is 0 Å². The van der Waals surface area contributed by atoms with Crippen LogP contribution in [0.5, 0.6) is 0 Å². The van der Waals surface area contributed by atoms with Crippen molar-refractivity contribution in [1.29, 1.82) is 5.26 Å². The minimum atomic E-state index is -4.46. The van der Waals surface area contributed by atoms with Crippen LogP contribution in [0.3, 0.4) is 0 Å². The molecule has 0 aliphatic carbocycles. The van der Waals surface area contributed by atoms with Crippen molar-refractivity contribution in [3.63, 3.8) is 0 Å². The Bertz CT molecular complexity index is 854. The lowest BCUT2D eigenvalue weighted by molar-refractivity contribution is -0.137. The maximum Gasteiger partial charge on any atom is 0.416 e. The minimum Gasteiger partial charge on any atom is -0.350 e. The van der Waals surface area contributed by atoms with Crippen LogP contribution in [0, 0.1) is 11.3 Å². The number of anilines is 1. The number of nitrogens with zero attached hydrogens (tertiary/aromatic N) is 2. The van der Waals surface area contributed by atoms with Gasteiger partial charge in [-0.3, -0.25) is 9.59 Å². The average Bonchev–Trinajstić information content (AvgIpc) is 2.64. The second-order valence-electron chi connectivity index (χ2n) is 5.66. The predicted octanol–water partition coefficient (Wildman–Crippen LogP) is 3.36. The topological polar surface area (TPSA) is 73.2 Å². The first-order valence-electron chi connectivity index (χ1n) is 7.96. The summed E-state index contributed by atoms with van der Waals surface area (Å²) < 4.78 is 37.6. The van der Waals surface area contributed by atoms with Crippen LogP contribution in [0.15, 0.2) is 48.5 Å². The molecule has 0 unspecified atom stereocenters. The molecule has 0 radical (unpaired) electrons. The number of hydrogen-bond donors (Lipinski definition) is 1. The molecule has 0 heterocycles. The molecule has 5 nitrogen and oxygen atoms in total. The number of alkyl halides is 3. The van der Waals surface area contributed by atoms with E-state index < -0.39 is 17.6 Å². The summed E-state index contributed by atoms with van der Waals surface area (Å²) in [5.41, 5.74) is 0.293. The average molecular weight is 375 g/mol. The lowest BCUT2D eigenvalue weighted by Gasteiger charge is -2.21. The molecule has 2 amide bonds. The number of amides is 2. The van der Waals surface area contributed by atoms with Gasteiger partial charge in [-0.15, -0.1) is 0 Å². The second-order valence-corrected chi connectivity index (χ2v) is 5.66. The third kappa shape index (κ3) is 5.31. The van der Waals surface area contributed by atoms with E-state index in [2.05, 4.69) is 5.32 Å². The Kier molecular flexibility index (Phi) is 6.19. The van der Waals surface area contributed by atoms with Crippen molar-refractivity contribution in [2.45, 2.75) is 13.1 Å². The van der Waals surface area contributed by atoms with Crippen LogP contribution in [-0.2, 0) is 11.0 Å². The number of rotatable bonds is 5. The van der Waals surface area contributed by atoms with E-state index in [0.717, 1.165) is 24.3 Å². The Labute approximate surface area is 154 Å². The first kappa shape index (κ1) is 20.0. The number of benzene rings is 2. The molecule has 140 valence electrons. The standard InChI is InChI=1S/C19H16F3N3O2/c1-13(26)25(17-8-2-14(12-23)3-9-17)11-10-24-18(27)15-4-6-16(7-5-15)19(20,21)22/h2-9H,10-11H2,1H3,(H,24,27). The van der Waals surface area contributed by atoms with E-state index in [1.165, 1.54) is 11.8 Å². The highest BCUT2D eigenvalue weighted by Gasteiger charge is 2.30. The van der Waals surface area contributed by atoms with Crippen LogP contribution in [0.25, 0.3) is 0 Å². The molecule has 0 atom stereocenters. The van der Waals surface area contributed by atoms with E-state index in [9.17, 15) is 22.8 Å². The van der Waals surface area contributed by atoms with Crippen LogP contribution in [0.2, 0.25) is 0 Å². The summed E-state index contributed by atoms with van der Waals surface area (Å²) in [7, 11) is 0. The summed E-state index contributed by atoms with van der Waals surface area (Å²) in [4.78, 5) is 25.3. The fourth-order valence-electron chi connectivity index (χ4n) is 2.38. The Morgan fingerprint density at radius 2 is 1.67 bits per heavy atom. The first-order chi connectivity index (χ1) is 12.7. The Balaban J connectivity index is 1.97. The van der Waals surface area contributed by atoms with Gasteiger partial charge < -0.3 is 10.2 Å². The van der Waals surface area contributed by atoms with Crippen LogP contribution >= 0.6 is 0 Å². The molecule has 0 bridgehead atoms. The van der Waals surface area contributed by atoms with Crippen molar-refractivity contribution in [2.24, 2.45) is 0 Å². The Hall–Kier alpha value is -3.34. The van der Waals surface area contributed by atoms with E-state index >= 15 is 0 Å². The van der Waals surface area contributed by atoms with Gasteiger partial charge in [-0.25, -0.2) is 0 Å². The monoisotopic (exact) mass is 375 g/mol. The third-order valence-electron chi connectivity index (χ3n) is 3.78. The number of nitrogens with one attached hydrogen (secondary N) is 1. The SMILES string of the molecule is CC(=O)N(CCNC(=O)c1ccc(C(F)(F)F)cc1)c1ccc(C#N)cc1. The van der Waals surface area contributed by atoms with Gasteiger partial charge in [0.15, 0.2) is 0 Å². The predicted molar refractivity (Wildman–Crippen MR) is 93.0 cm³/mol. The van der Waals surface area contributed by atoms with Gasteiger partial charge in [0, 0.05) is 31.3 Å². The number of hydrogen-bond acceptors (Lipinski definition) is 3. The molecule has 0 aliphatic rings. The molecular weight excluding hydrogens is 359 g/mol. The summed E-state index contributed by atoms with van der Waals surface area (Å²) >= 11 is 0. The molecular formula is C19H16F3N3O2. The molecule has 0 spiro atoms. The molecule has 0 aliphatic heterocycles. The molecule has 1 N–H and O–H groups in total. The van der Waals surface area contributed by atoms with Crippen LogP contribution in [-0.4, -0.2) is 24.9 Å². The van der Waals surface area contributed by atoms with Gasteiger partial charge in [0.05, 0.1) is 17.2 Å². The van der Waals surface area contributed by atoms with Gasteiger partial charge in [0.2, 0.25) is 5.91 Å². The maximum atomic E-state index is 12.5. The van der Waals surface area contributed by atoms with Crippen molar-refractivity contribution in [1.82, 2.24) is 5.32 Å².